The van der Waals surface area contributed by atoms with Crippen molar-refractivity contribution in [3.05, 3.63) is 29.6 Å². The zero-order valence-electron chi connectivity index (χ0n) is 11.3. The normalized spacial score (nSPS) is 27.0. The van der Waals surface area contributed by atoms with Gasteiger partial charge in [0, 0.05) is 11.7 Å². The number of hydrogen-bond acceptors (Lipinski definition) is 2. The van der Waals surface area contributed by atoms with Crippen LogP contribution in [-0.4, -0.2) is 17.1 Å². The predicted molar refractivity (Wildman–Crippen MR) is 72.9 cm³/mol. The fraction of sp³-hybridized carbons (Fsp3) is 0.533. The summed E-state index contributed by atoms with van der Waals surface area (Å²) < 4.78 is 13.1. The van der Waals surface area contributed by atoms with Gasteiger partial charge in [-0.3, -0.25) is 0 Å². The van der Waals surface area contributed by atoms with E-state index in [9.17, 15) is 9.18 Å². The molecule has 3 nitrogen and oxygen atoms in total. The minimum absolute atomic E-state index is 0.00502. The van der Waals surface area contributed by atoms with Gasteiger partial charge in [0.15, 0.2) is 0 Å². The first-order valence-corrected chi connectivity index (χ1v) is 6.78. The molecule has 104 valence electrons. The van der Waals surface area contributed by atoms with Gasteiger partial charge in [-0.1, -0.05) is 26.7 Å². The fourth-order valence-electron chi connectivity index (χ4n) is 2.80. The van der Waals surface area contributed by atoms with Gasteiger partial charge in [0.1, 0.15) is 5.82 Å². The highest BCUT2D eigenvalue weighted by Gasteiger charge is 2.27. The molecule has 1 aromatic carbocycles. The molecule has 1 fully saturated rings. The molecule has 3 unspecified atom stereocenters. The molecule has 0 saturated heterocycles. The molecule has 4 heteroatoms. The summed E-state index contributed by atoms with van der Waals surface area (Å²) >= 11 is 0. The Kier molecular flexibility index (Phi) is 4.08. The van der Waals surface area contributed by atoms with Crippen molar-refractivity contribution < 1.29 is 14.3 Å². The van der Waals surface area contributed by atoms with Gasteiger partial charge in [0.25, 0.3) is 0 Å². The minimum atomic E-state index is -1.10. The van der Waals surface area contributed by atoms with Gasteiger partial charge >= 0.3 is 5.97 Å². The van der Waals surface area contributed by atoms with E-state index in [1.807, 2.05) is 0 Å². The molecule has 1 aromatic rings. The van der Waals surface area contributed by atoms with Crippen molar-refractivity contribution in [3.8, 4) is 0 Å². The topological polar surface area (TPSA) is 49.3 Å². The number of anilines is 1. The highest BCUT2D eigenvalue weighted by atomic mass is 19.1. The molecule has 0 spiro atoms. The van der Waals surface area contributed by atoms with Gasteiger partial charge in [-0.15, -0.1) is 0 Å². The minimum Gasteiger partial charge on any atom is -0.478 e. The van der Waals surface area contributed by atoms with Crippen LogP contribution >= 0.6 is 0 Å². The summed E-state index contributed by atoms with van der Waals surface area (Å²) in [5.74, 6) is -0.507. The number of aromatic carboxylic acids is 1. The molecule has 1 aliphatic carbocycles. The first-order chi connectivity index (χ1) is 8.99. The number of carboxylic acids is 1. The van der Waals surface area contributed by atoms with Crippen LogP contribution in [0.4, 0.5) is 10.1 Å². The number of halogens is 1. The van der Waals surface area contributed by atoms with E-state index in [2.05, 4.69) is 19.2 Å². The van der Waals surface area contributed by atoms with Crippen molar-refractivity contribution in [1.29, 1.82) is 0 Å². The molecular formula is C15H20FNO2. The first kappa shape index (κ1) is 13.8. The highest BCUT2D eigenvalue weighted by molar-refractivity contribution is 5.94. The van der Waals surface area contributed by atoms with Gasteiger partial charge in [-0.2, -0.15) is 0 Å². The van der Waals surface area contributed by atoms with Gasteiger partial charge in [0.05, 0.1) is 5.56 Å². The zero-order chi connectivity index (χ0) is 14.0. The quantitative estimate of drug-likeness (QED) is 0.874. The SMILES string of the molecule is CC1CCCC(Nc2ccc(F)cc2C(=O)O)C1C. The maximum absolute atomic E-state index is 13.1. The summed E-state index contributed by atoms with van der Waals surface area (Å²) in [6, 6.07) is 4.14. The van der Waals surface area contributed by atoms with Gasteiger partial charge < -0.3 is 10.4 Å². The van der Waals surface area contributed by atoms with E-state index in [0.29, 0.717) is 17.5 Å². The van der Waals surface area contributed by atoms with Crippen molar-refractivity contribution in [2.75, 3.05) is 5.32 Å². The van der Waals surface area contributed by atoms with Crippen LogP contribution in [-0.2, 0) is 0 Å². The maximum Gasteiger partial charge on any atom is 0.337 e. The van der Waals surface area contributed by atoms with Gasteiger partial charge in [-0.05, 0) is 36.5 Å². The van der Waals surface area contributed by atoms with Crippen molar-refractivity contribution >= 4 is 11.7 Å². The van der Waals surface area contributed by atoms with E-state index in [-0.39, 0.29) is 11.6 Å². The molecule has 0 aliphatic heterocycles. The lowest BCUT2D eigenvalue weighted by molar-refractivity contribution is 0.0697. The molecule has 3 atom stereocenters. The van der Waals surface area contributed by atoms with E-state index in [0.717, 1.165) is 18.9 Å². The summed E-state index contributed by atoms with van der Waals surface area (Å²) in [6.45, 7) is 4.41. The number of carbonyl (C=O) groups is 1. The Balaban J connectivity index is 2.21. The Morgan fingerprint density at radius 3 is 2.79 bits per heavy atom. The summed E-state index contributed by atoms with van der Waals surface area (Å²) in [6.07, 6.45) is 3.39. The number of hydrogen-bond donors (Lipinski definition) is 2. The van der Waals surface area contributed by atoms with E-state index in [1.54, 1.807) is 0 Å². The lowest BCUT2D eigenvalue weighted by Crippen LogP contribution is -2.35. The molecule has 0 amide bonds. The molecule has 1 aliphatic rings. The lowest BCUT2D eigenvalue weighted by Gasteiger charge is -2.35. The second kappa shape index (κ2) is 5.59. The fourth-order valence-corrected chi connectivity index (χ4v) is 2.80. The largest absolute Gasteiger partial charge is 0.478 e. The molecule has 2 rings (SSSR count). The van der Waals surface area contributed by atoms with Crippen LogP contribution in [0.15, 0.2) is 18.2 Å². The molecule has 0 aromatic heterocycles. The van der Waals surface area contributed by atoms with Gasteiger partial charge in [-0.25, -0.2) is 9.18 Å². The van der Waals surface area contributed by atoms with Crippen LogP contribution in [0.25, 0.3) is 0 Å². The first-order valence-electron chi connectivity index (χ1n) is 6.78. The van der Waals surface area contributed by atoms with Crippen molar-refractivity contribution in [2.45, 2.75) is 39.2 Å². The van der Waals surface area contributed by atoms with Gasteiger partial charge in [0.2, 0.25) is 0 Å². The third kappa shape index (κ3) is 3.06. The van der Waals surface area contributed by atoms with Crippen molar-refractivity contribution in [2.24, 2.45) is 11.8 Å². The average Bonchev–Trinajstić information content (AvgIpc) is 2.36. The molecule has 0 heterocycles. The van der Waals surface area contributed by atoms with E-state index < -0.39 is 11.8 Å². The summed E-state index contributed by atoms with van der Waals surface area (Å²) in [5, 5.41) is 12.4. The maximum atomic E-state index is 13.1. The number of rotatable bonds is 3. The molecule has 1 saturated carbocycles. The zero-order valence-corrected chi connectivity index (χ0v) is 11.3. The van der Waals surface area contributed by atoms with Crippen LogP contribution in [0.5, 0.6) is 0 Å². The molecule has 0 radical (unpaired) electrons. The third-order valence-electron chi connectivity index (χ3n) is 4.26. The monoisotopic (exact) mass is 265 g/mol. The van der Waals surface area contributed by atoms with Crippen LogP contribution in [0.1, 0.15) is 43.5 Å². The van der Waals surface area contributed by atoms with Crippen LogP contribution in [0, 0.1) is 17.7 Å². The molecular weight excluding hydrogens is 245 g/mol. The number of benzene rings is 1. The highest BCUT2D eigenvalue weighted by Crippen LogP contribution is 2.32. The number of carboxylic acid groups (broad SMARTS) is 1. The average molecular weight is 265 g/mol. The summed E-state index contributed by atoms with van der Waals surface area (Å²) in [7, 11) is 0. The second-order valence-electron chi connectivity index (χ2n) is 5.51. The van der Waals surface area contributed by atoms with E-state index in [4.69, 9.17) is 5.11 Å². The smallest absolute Gasteiger partial charge is 0.337 e. The predicted octanol–water partition coefficient (Wildman–Crippen LogP) is 3.76. The lowest BCUT2D eigenvalue weighted by atomic mass is 9.78. The standard InChI is InChI=1S/C15H20FNO2/c1-9-4-3-5-13(10(9)2)17-14-7-6-11(16)8-12(14)15(18)19/h6-10,13,17H,3-5H2,1-2H3,(H,18,19). The Bertz CT molecular complexity index is 475. The Morgan fingerprint density at radius 1 is 1.37 bits per heavy atom. The third-order valence-corrected chi connectivity index (χ3v) is 4.26. The Labute approximate surface area is 112 Å². The Hall–Kier alpha value is -1.58. The van der Waals surface area contributed by atoms with E-state index >= 15 is 0 Å². The van der Waals surface area contributed by atoms with Crippen LogP contribution in [0.2, 0.25) is 0 Å². The Morgan fingerprint density at radius 2 is 2.11 bits per heavy atom. The van der Waals surface area contributed by atoms with E-state index in [1.165, 1.54) is 18.6 Å². The molecule has 2 N–H and O–H groups in total. The molecule has 19 heavy (non-hydrogen) atoms. The summed E-state index contributed by atoms with van der Waals surface area (Å²) in [5.41, 5.74) is 0.519. The molecule has 0 bridgehead atoms. The van der Waals surface area contributed by atoms with Crippen molar-refractivity contribution in [3.63, 3.8) is 0 Å². The van der Waals surface area contributed by atoms with Crippen LogP contribution < -0.4 is 5.32 Å². The number of nitrogens with one attached hydrogen (secondary N) is 1. The van der Waals surface area contributed by atoms with Crippen molar-refractivity contribution in [1.82, 2.24) is 0 Å². The van der Waals surface area contributed by atoms with Crippen LogP contribution in [0.3, 0.4) is 0 Å². The summed E-state index contributed by atoms with van der Waals surface area (Å²) in [4.78, 5) is 11.2. The second-order valence-corrected chi connectivity index (χ2v) is 5.51.